The molecule has 0 aliphatic heterocycles. The number of terminal acetylenes is 1. The van der Waals surface area contributed by atoms with E-state index in [9.17, 15) is 14.4 Å². The van der Waals surface area contributed by atoms with Crippen LogP contribution in [0.3, 0.4) is 0 Å². The first-order valence-corrected chi connectivity index (χ1v) is 10.9. The summed E-state index contributed by atoms with van der Waals surface area (Å²) in [6.07, 6.45) is 5.99. The average Bonchev–Trinajstić information content (AvgIpc) is 3.42. The monoisotopic (exact) mass is 473 g/mol. The minimum absolute atomic E-state index is 0.00804. The molecule has 1 aliphatic carbocycles. The van der Waals surface area contributed by atoms with Crippen molar-refractivity contribution in [3.05, 3.63) is 71.5 Å². The molecule has 1 unspecified atom stereocenters. The highest BCUT2D eigenvalue weighted by atomic mass is 16.5. The van der Waals surface area contributed by atoms with Gasteiger partial charge in [0, 0.05) is 12.3 Å². The molecule has 10 nitrogen and oxygen atoms in total. The number of ether oxygens (including phenoxy) is 1. The molecule has 1 aliphatic rings. The van der Waals surface area contributed by atoms with Crippen LogP contribution in [0.2, 0.25) is 0 Å². The van der Waals surface area contributed by atoms with Crippen LogP contribution in [0.1, 0.15) is 29.2 Å². The smallest absolute Gasteiger partial charge is 0.407 e. The van der Waals surface area contributed by atoms with Gasteiger partial charge in [0.25, 0.3) is 0 Å². The standard InChI is InChI=1S/C25H23N5O5/c1-2-7-22(24(33)26-12-16-13-30(29-28-16)14-23(31)32)27-25(34)35-15-21-19-10-5-3-8-17(19)18-9-4-6-11-20(18)21/h1,3-6,8-11,13,21-22H,7,12,14-15H2,(H,26,33)(H,27,34)(H,31,32). The number of rotatable bonds is 9. The van der Waals surface area contributed by atoms with Crippen molar-refractivity contribution in [1.29, 1.82) is 0 Å². The van der Waals surface area contributed by atoms with Gasteiger partial charge in [-0.1, -0.05) is 53.7 Å². The predicted molar refractivity (Wildman–Crippen MR) is 125 cm³/mol. The zero-order valence-corrected chi connectivity index (χ0v) is 18.7. The molecule has 0 saturated carbocycles. The number of aromatic nitrogens is 3. The van der Waals surface area contributed by atoms with Gasteiger partial charge in [0.05, 0.1) is 12.7 Å². The number of carbonyl (C=O) groups is 3. The van der Waals surface area contributed by atoms with E-state index in [4.69, 9.17) is 16.3 Å². The average molecular weight is 473 g/mol. The Balaban J connectivity index is 1.33. The Hall–Kier alpha value is -4.65. The molecule has 0 fully saturated rings. The number of nitrogens with one attached hydrogen (secondary N) is 2. The summed E-state index contributed by atoms with van der Waals surface area (Å²) in [7, 11) is 0. The van der Waals surface area contributed by atoms with E-state index in [1.165, 1.54) is 6.20 Å². The van der Waals surface area contributed by atoms with E-state index in [-0.39, 0.29) is 32.0 Å². The maximum atomic E-state index is 12.6. The number of aliphatic carboxylic acids is 1. The Morgan fingerprint density at radius 2 is 1.77 bits per heavy atom. The molecule has 4 rings (SSSR count). The van der Waals surface area contributed by atoms with Gasteiger partial charge >= 0.3 is 12.1 Å². The molecular weight excluding hydrogens is 450 g/mol. The summed E-state index contributed by atoms with van der Waals surface area (Å²) < 4.78 is 6.63. The van der Waals surface area contributed by atoms with Crippen LogP contribution in [0.5, 0.6) is 0 Å². The number of hydrogen-bond acceptors (Lipinski definition) is 6. The van der Waals surface area contributed by atoms with Crippen LogP contribution in [-0.2, 0) is 27.4 Å². The van der Waals surface area contributed by atoms with E-state index in [2.05, 4.69) is 26.9 Å². The van der Waals surface area contributed by atoms with Crippen LogP contribution in [0.15, 0.2) is 54.7 Å². The highest BCUT2D eigenvalue weighted by Crippen LogP contribution is 2.44. The first kappa shape index (κ1) is 23.5. The third-order valence-electron chi connectivity index (χ3n) is 5.60. The van der Waals surface area contributed by atoms with Crippen LogP contribution in [0.4, 0.5) is 4.79 Å². The molecule has 2 amide bonds. The van der Waals surface area contributed by atoms with E-state index in [1.807, 2.05) is 48.5 Å². The second-order valence-corrected chi connectivity index (χ2v) is 7.95. The zero-order valence-electron chi connectivity index (χ0n) is 18.7. The lowest BCUT2D eigenvalue weighted by molar-refractivity contribution is -0.138. The zero-order chi connectivity index (χ0) is 24.8. The lowest BCUT2D eigenvalue weighted by atomic mass is 9.98. The van der Waals surface area contributed by atoms with E-state index >= 15 is 0 Å². The highest BCUT2D eigenvalue weighted by Gasteiger charge is 2.29. The first-order valence-electron chi connectivity index (χ1n) is 10.9. The number of benzene rings is 2. The molecule has 1 atom stereocenters. The summed E-state index contributed by atoms with van der Waals surface area (Å²) in [4.78, 5) is 35.9. The number of fused-ring (bicyclic) bond motifs is 3. The Morgan fingerprint density at radius 1 is 1.11 bits per heavy atom. The molecule has 0 saturated heterocycles. The van der Waals surface area contributed by atoms with Crippen molar-refractivity contribution < 1.29 is 24.2 Å². The van der Waals surface area contributed by atoms with E-state index in [0.717, 1.165) is 26.9 Å². The summed E-state index contributed by atoms with van der Waals surface area (Å²) in [6.45, 7) is -0.243. The quantitative estimate of drug-likeness (QED) is 0.404. The van der Waals surface area contributed by atoms with Gasteiger partial charge in [0.2, 0.25) is 5.91 Å². The Labute approximate surface area is 201 Å². The maximum Gasteiger partial charge on any atom is 0.407 e. The van der Waals surface area contributed by atoms with Gasteiger partial charge in [0.1, 0.15) is 24.9 Å². The Morgan fingerprint density at radius 3 is 2.40 bits per heavy atom. The van der Waals surface area contributed by atoms with Gasteiger partial charge in [0.15, 0.2) is 0 Å². The largest absolute Gasteiger partial charge is 0.480 e. The molecule has 0 spiro atoms. The maximum absolute atomic E-state index is 12.6. The van der Waals surface area contributed by atoms with Crippen LogP contribution in [0.25, 0.3) is 11.1 Å². The van der Waals surface area contributed by atoms with Crippen molar-refractivity contribution in [2.45, 2.75) is 31.5 Å². The van der Waals surface area contributed by atoms with Crippen molar-refractivity contribution in [2.24, 2.45) is 0 Å². The third kappa shape index (κ3) is 5.47. The van der Waals surface area contributed by atoms with Crippen LogP contribution >= 0.6 is 0 Å². The van der Waals surface area contributed by atoms with Crippen molar-refractivity contribution in [1.82, 2.24) is 25.6 Å². The molecule has 3 N–H and O–H groups in total. The lowest BCUT2D eigenvalue weighted by Gasteiger charge is -2.18. The fourth-order valence-corrected chi connectivity index (χ4v) is 4.05. The third-order valence-corrected chi connectivity index (χ3v) is 5.60. The molecule has 35 heavy (non-hydrogen) atoms. The molecule has 3 aromatic rings. The molecule has 10 heteroatoms. The van der Waals surface area contributed by atoms with Crippen LogP contribution < -0.4 is 10.6 Å². The number of carbonyl (C=O) groups excluding carboxylic acids is 2. The van der Waals surface area contributed by atoms with Crippen molar-refractivity contribution in [2.75, 3.05) is 6.61 Å². The Kier molecular flexibility index (Phi) is 7.07. The number of alkyl carbamates (subject to hydrolysis) is 1. The molecule has 1 aromatic heterocycles. The van der Waals surface area contributed by atoms with Gasteiger partial charge in [-0.25, -0.2) is 9.48 Å². The summed E-state index contributed by atoms with van der Waals surface area (Å²) in [5, 5.41) is 21.4. The van der Waals surface area contributed by atoms with Gasteiger partial charge in [-0.2, -0.15) is 0 Å². The fourth-order valence-electron chi connectivity index (χ4n) is 4.05. The number of carboxylic acids is 1. The van der Waals surface area contributed by atoms with Crippen molar-refractivity contribution >= 4 is 18.0 Å². The van der Waals surface area contributed by atoms with Crippen LogP contribution in [-0.4, -0.2) is 50.7 Å². The summed E-state index contributed by atoms with van der Waals surface area (Å²) in [6, 6.07) is 15.0. The fraction of sp³-hybridized carbons (Fsp3) is 0.240. The number of nitrogens with zero attached hydrogens (tertiary/aromatic N) is 3. The number of hydrogen-bond donors (Lipinski definition) is 3. The molecule has 0 bridgehead atoms. The van der Waals surface area contributed by atoms with E-state index < -0.39 is 24.0 Å². The van der Waals surface area contributed by atoms with E-state index in [1.54, 1.807) is 0 Å². The summed E-state index contributed by atoms with van der Waals surface area (Å²) in [5.41, 5.74) is 4.75. The van der Waals surface area contributed by atoms with Gasteiger partial charge in [-0.15, -0.1) is 17.4 Å². The molecule has 0 radical (unpaired) electrons. The molecule has 178 valence electrons. The van der Waals surface area contributed by atoms with Crippen molar-refractivity contribution in [3.63, 3.8) is 0 Å². The molecule has 2 aromatic carbocycles. The second-order valence-electron chi connectivity index (χ2n) is 7.95. The van der Waals surface area contributed by atoms with Crippen molar-refractivity contribution in [3.8, 4) is 23.5 Å². The minimum atomic E-state index is -1.06. The Bertz CT molecular complexity index is 1250. The topological polar surface area (TPSA) is 135 Å². The van der Waals surface area contributed by atoms with E-state index in [0.29, 0.717) is 5.69 Å². The summed E-state index contributed by atoms with van der Waals surface area (Å²) >= 11 is 0. The summed E-state index contributed by atoms with van der Waals surface area (Å²) in [5.74, 6) is 0.676. The van der Waals surface area contributed by atoms with Crippen LogP contribution in [0, 0.1) is 12.3 Å². The number of carboxylic acid groups (broad SMARTS) is 1. The second kappa shape index (κ2) is 10.5. The molecular formula is C25H23N5O5. The lowest BCUT2D eigenvalue weighted by Crippen LogP contribution is -2.46. The normalized spacial score (nSPS) is 12.7. The number of amides is 2. The highest BCUT2D eigenvalue weighted by molar-refractivity contribution is 5.86. The minimum Gasteiger partial charge on any atom is -0.480 e. The SMILES string of the molecule is C#CCC(NC(=O)OCC1c2ccccc2-c2ccccc21)C(=O)NCc1cn(CC(=O)O)nn1. The molecule has 1 heterocycles. The first-order chi connectivity index (χ1) is 17.0. The predicted octanol–water partition coefficient (Wildman–Crippen LogP) is 1.91. The van der Waals surface area contributed by atoms with Gasteiger partial charge < -0.3 is 20.5 Å². The van der Waals surface area contributed by atoms with Gasteiger partial charge in [-0.3, -0.25) is 9.59 Å². The van der Waals surface area contributed by atoms with Gasteiger partial charge in [-0.05, 0) is 22.3 Å².